The molecule has 0 aliphatic heterocycles. The second-order valence-corrected chi connectivity index (χ2v) is 8.33. The number of carbonyl (C=O) groups excluding carboxylic acids is 2. The topological polar surface area (TPSA) is 64.6 Å². The number of amides is 1. The number of ether oxygens (including phenoxy) is 2. The zero-order valence-electron chi connectivity index (χ0n) is 18.0. The fourth-order valence-electron chi connectivity index (χ4n) is 4.98. The first-order chi connectivity index (χ1) is 15.1. The van der Waals surface area contributed by atoms with Crippen LogP contribution in [0.1, 0.15) is 56.6 Å². The molecule has 31 heavy (non-hydrogen) atoms. The third kappa shape index (κ3) is 4.50. The summed E-state index contributed by atoms with van der Waals surface area (Å²) in [5.74, 6) is 0.112. The second-order valence-electron chi connectivity index (χ2n) is 8.33. The molecule has 2 aromatic rings. The molecule has 0 unspecified atom stereocenters. The van der Waals surface area contributed by atoms with Gasteiger partial charge in [0, 0.05) is 11.0 Å². The number of hydrogen-bond donors (Lipinski definition) is 1. The van der Waals surface area contributed by atoms with E-state index in [1.165, 1.54) is 0 Å². The number of hydrogen-bond acceptors (Lipinski definition) is 4. The van der Waals surface area contributed by atoms with Crippen molar-refractivity contribution in [2.75, 3.05) is 6.61 Å². The Morgan fingerprint density at radius 1 is 0.935 bits per heavy atom. The molecule has 5 nitrogen and oxygen atoms in total. The fraction of sp³-hybridized carbons (Fsp3) is 0.385. The van der Waals surface area contributed by atoms with E-state index in [1.54, 1.807) is 12.1 Å². The number of fused-ring (bicyclic) bond motifs is 1. The maximum Gasteiger partial charge on any atom is 0.417 e. The fourth-order valence-corrected chi connectivity index (χ4v) is 4.98. The van der Waals surface area contributed by atoms with Crippen LogP contribution < -0.4 is 10.1 Å². The van der Waals surface area contributed by atoms with E-state index < -0.39 is 6.09 Å². The lowest BCUT2D eigenvalue weighted by molar-refractivity contribution is -0.140. The zero-order chi connectivity index (χ0) is 21.7. The van der Waals surface area contributed by atoms with Gasteiger partial charge < -0.3 is 9.47 Å². The van der Waals surface area contributed by atoms with Crippen LogP contribution in [0.5, 0.6) is 5.75 Å². The lowest BCUT2D eigenvalue weighted by atomic mass is 9.65. The minimum atomic E-state index is -0.608. The van der Waals surface area contributed by atoms with Crippen molar-refractivity contribution < 1.29 is 19.1 Å². The molecule has 162 valence electrons. The first-order valence-corrected chi connectivity index (χ1v) is 11.2. The third-order valence-electron chi connectivity index (χ3n) is 6.32. The van der Waals surface area contributed by atoms with Gasteiger partial charge >= 0.3 is 12.1 Å². The minimum absolute atomic E-state index is 0.293. The normalized spacial score (nSPS) is 17.5. The maximum atomic E-state index is 13.3. The van der Waals surface area contributed by atoms with Crippen molar-refractivity contribution in [2.24, 2.45) is 5.41 Å². The van der Waals surface area contributed by atoms with Gasteiger partial charge in [-0.3, -0.25) is 5.32 Å². The van der Waals surface area contributed by atoms with Crippen LogP contribution in [0.25, 0.3) is 5.70 Å². The number of benzene rings is 2. The monoisotopic (exact) mass is 419 g/mol. The third-order valence-corrected chi connectivity index (χ3v) is 6.32. The van der Waals surface area contributed by atoms with Gasteiger partial charge in [0.15, 0.2) is 0 Å². The Labute approximate surface area is 183 Å². The Balaban J connectivity index is 1.79. The predicted octanol–water partition coefficient (Wildman–Crippen LogP) is 5.65. The van der Waals surface area contributed by atoms with Crippen molar-refractivity contribution in [3.8, 4) is 5.75 Å². The van der Waals surface area contributed by atoms with Crippen LogP contribution in [-0.2, 0) is 16.0 Å². The van der Waals surface area contributed by atoms with Crippen molar-refractivity contribution >= 4 is 17.8 Å². The molecule has 2 aliphatic rings. The Kier molecular flexibility index (Phi) is 6.40. The summed E-state index contributed by atoms with van der Waals surface area (Å²) in [4.78, 5) is 26.1. The van der Waals surface area contributed by atoms with Crippen LogP contribution in [0, 0.1) is 5.41 Å². The standard InChI is InChI=1S/C26H29NO4/c1-2-30-24(28)22-23(27-25(29)31-20-13-6-5-7-14-20)21-15-9-8-12-19(21)18-26(22)16-10-3-4-11-17-26/h5-9,12-15H,2-4,10-11,16-18H2,1H3,(H,27,29). The summed E-state index contributed by atoms with van der Waals surface area (Å²) in [6.07, 6.45) is 6.46. The maximum absolute atomic E-state index is 13.3. The molecular formula is C26H29NO4. The molecule has 1 saturated carbocycles. The van der Waals surface area contributed by atoms with Crippen molar-refractivity contribution in [1.29, 1.82) is 0 Å². The summed E-state index contributed by atoms with van der Waals surface area (Å²) >= 11 is 0. The molecule has 2 aliphatic carbocycles. The van der Waals surface area contributed by atoms with E-state index in [9.17, 15) is 9.59 Å². The molecule has 5 heteroatoms. The first-order valence-electron chi connectivity index (χ1n) is 11.2. The van der Waals surface area contributed by atoms with Gasteiger partial charge in [0.2, 0.25) is 0 Å². The minimum Gasteiger partial charge on any atom is -0.463 e. The summed E-state index contributed by atoms with van der Waals surface area (Å²) in [7, 11) is 0. The highest BCUT2D eigenvalue weighted by Crippen LogP contribution is 2.50. The van der Waals surface area contributed by atoms with Crippen molar-refractivity contribution in [1.82, 2.24) is 5.32 Å². The van der Waals surface area contributed by atoms with Crippen LogP contribution >= 0.6 is 0 Å². The summed E-state index contributed by atoms with van der Waals surface area (Å²) in [6.45, 7) is 2.10. The molecule has 0 bridgehead atoms. The number of rotatable bonds is 4. The molecule has 1 fully saturated rings. The Hall–Kier alpha value is -3.08. The van der Waals surface area contributed by atoms with E-state index in [4.69, 9.17) is 9.47 Å². The summed E-state index contributed by atoms with van der Waals surface area (Å²) in [5, 5.41) is 2.92. The Bertz CT molecular complexity index is 972. The van der Waals surface area contributed by atoms with Crippen molar-refractivity contribution in [2.45, 2.75) is 51.9 Å². The number of para-hydroxylation sites is 1. The lowest BCUT2D eigenvalue weighted by Gasteiger charge is -2.40. The highest BCUT2D eigenvalue weighted by Gasteiger charge is 2.45. The molecular weight excluding hydrogens is 390 g/mol. The SMILES string of the molecule is CCOC(=O)C1=C(NC(=O)Oc2ccccc2)c2ccccc2CC12CCCCCC2. The highest BCUT2D eigenvalue weighted by atomic mass is 16.6. The Morgan fingerprint density at radius 3 is 2.32 bits per heavy atom. The van der Waals surface area contributed by atoms with Crippen molar-refractivity contribution in [3.05, 3.63) is 71.3 Å². The van der Waals surface area contributed by atoms with Crippen LogP contribution in [0.15, 0.2) is 60.2 Å². The van der Waals surface area contributed by atoms with E-state index >= 15 is 0 Å². The van der Waals surface area contributed by atoms with Gasteiger partial charge in [-0.15, -0.1) is 0 Å². The van der Waals surface area contributed by atoms with E-state index in [0.29, 0.717) is 23.6 Å². The average Bonchev–Trinajstić information content (AvgIpc) is 3.00. The van der Waals surface area contributed by atoms with Gasteiger partial charge in [0.1, 0.15) is 5.75 Å². The molecule has 0 radical (unpaired) electrons. The van der Waals surface area contributed by atoms with Crippen LogP contribution in [-0.4, -0.2) is 18.7 Å². The van der Waals surface area contributed by atoms with E-state index in [1.807, 2.05) is 43.3 Å². The van der Waals surface area contributed by atoms with Gasteiger partial charge in [0.25, 0.3) is 0 Å². The summed E-state index contributed by atoms with van der Waals surface area (Å²) < 4.78 is 11.0. The number of esters is 1. The molecule has 1 spiro atoms. The summed E-state index contributed by atoms with van der Waals surface area (Å²) in [6, 6.07) is 16.9. The number of nitrogens with one attached hydrogen (secondary N) is 1. The first kappa shape index (κ1) is 21.2. The van der Waals surface area contributed by atoms with Gasteiger partial charge in [-0.25, -0.2) is 9.59 Å². The number of carbonyl (C=O) groups is 2. The van der Waals surface area contributed by atoms with Gasteiger partial charge in [-0.1, -0.05) is 68.1 Å². The molecule has 2 aromatic carbocycles. The van der Waals surface area contributed by atoms with E-state index in [2.05, 4.69) is 11.4 Å². The predicted molar refractivity (Wildman–Crippen MR) is 119 cm³/mol. The second kappa shape index (κ2) is 9.38. The summed E-state index contributed by atoms with van der Waals surface area (Å²) in [5.41, 5.74) is 2.81. The molecule has 1 amide bonds. The largest absolute Gasteiger partial charge is 0.463 e. The molecule has 0 saturated heterocycles. The molecule has 1 N–H and O–H groups in total. The zero-order valence-corrected chi connectivity index (χ0v) is 18.0. The highest BCUT2D eigenvalue weighted by molar-refractivity contribution is 6.02. The van der Waals surface area contributed by atoms with Crippen LogP contribution in [0.3, 0.4) is 0 Å². The average molecular weight is 420 g/mol. The van der Waals surface area contributed by atoms with Gasteiger partial charge in [-0.2, -0.15) is 0 Å². The molecule has 0 heterocycles. The van der Waals surface area contributed by atoms with Crippen LogP contribution in [0.4, 0.5) is 4.79 Å². The van der Waals surface area contributed by atoms with Gasteiger partial charge in [-0.05, 0) is 43.9 Å². The lowest BCUT2D eigenvalue weighted by Crippen LogP contribution is -2.39. The smallest absolute Gasteiger partial charge is 0.417 e. The van der Waals surface area contributed by atoms with Crippen LogP contribution in [0.2, 0.25) is 0 Å². The van der Waals surface area contributed by atoms with Crippen molar-refractivity contribution in [3.63, 3.8) is 0 Å². The molecule has 4 rings (SSSR count). The van der Waals surface area contributed by atoms with E-state index in [-0.39, 0.29) is 11.4 Å². The molecule has 0 aromatic heterocycles. The molecule has 0 atom stereocenters. The van der Waals surface area contributed by atoms with E-state index in [0.717, 1.165) is 56.1 Å². The van der Waals surface area contributed by atoms with Gasteiger partial charge in [0.05, 0.1) is 17.9 Å². The Morgan fingerprint density at radius 2 is 1.61 bits per heavy atom. The quantitative estimate of drug-likeness (QED) is 0.651.